The molecule has 17 rings (SSSR count). The van der Waals surface area contributed by atoms with Crippen LogP contribution in [0.4, 0.5) is 120 Å². The Kier molecular flexibility index (Phi) is 29.7. The lowest BCUT2D eigenvalue weighted by Crippen LogP contribution is -2.45. The van der Waals surface area contributed by atoms with Gasteiger partial charge in [-0.05, 0) is 217 Å². The van der Waals surface area contributed by atoms with Gasteiger partial charge in [-0.2, -0.15) is 19.9 Å². The molecule has 9 heterocycles. The zero-order valence-corrected chi connectivity index (χ0v) is 81.6. The minimum absolute atomic E-state index is 0.0425. The van der Waals surface area contributed by atoms with Crippen LogP contribution in [-0.2, 0) is 28.8 Å². The minimum atomic E-state index is -0.690. The number of carbonyl (C=O) groups is 8. The average molecular weight is 1860 g/mol. The molecule has 135 heavy (non-hydrogen) atoms. The summed E-state index contributed by atoms with van der Waals surface area (Å²) in [5, 5.41) is 24.9. The molecular formula is C100H128ClN25O9. The standard InChI is InChI=1S/C27H37N7O2.C25H27ClN6O3.2C24H32N6O2/c1-27(2)18-34(21-12-5-6-13-21)23-22(32(3)24(27)35)17-28-25(31-23)29-19-10-9-11-20(16-19)30-26(36)33-14-7-4-8-15-33;1-25(2)14-32(17-8-6-7-16(26)12-17)21-19(31(4)23(25)34)13-28-24(30-21)29-18-10-9-15(22(33)27-3)11-20(18)35-5;1-15-10-11-17(12-19(15)26-16(2)31)27-23-25-13-20-21(28-23)30(18-8-6-7-9-18)14-24(3,4)22(32)29(20)5;1-15-10-11-17(26-16(2)31)12-19(15)27-23-25-13-20-21(28-23)30(18-8-6-7-9-18)14-24(3,4)22(32)29(20)5/h9-11,16-17,21H,4-8,12-15,18H2,1-3H3,(H,30,36)(H,28,29,31);6-13H,14H2,1-5H3,(H,27,33)(H,28,29,30);2*10-13,18H,6-9,14H2,1-5H3,(H,26,31)(H,25,27,28). The van der Waals surface area contributed by atoms with Crippen LogP contribution in [0.1, 0.15) is 187 Å². The van der Waals surface area contributed by atoms with E-state index in [0.717, 1.165) is 144 Å². The number of halogens is 1. The van der Waals surface area contributed by atoms with E-state index in [1.807, 2.05) is 165 Å². The van der Waals surface area contributed by atoms with Gasteiger partial charge in [0, 0.05) is 157 Å². The van der Waals surface area contributed by atoms with Gasteiger partial charge >= 0.3 is 6.03 Å². The number of nitrogens with zero attached hydrogens (tertiary/aromatic N) is 17. The van der Waals surface area contributed by atoms with E-state index in [4.69, 9.17) is 36.3 Å². The fraction of sp³-hybridized carbons (Fsp3) is 0.460. The van der Waals surface area contributed by atoms with Crippen LogP contribution in [-0.4, -0.2) is 192 Å². The molecule has 3 aliphatic carbocycles. The van der Waals surface area contributed by atoms with Crippen LogP contribution in [0.2, 0.25) is 5.02 Å². The quantitative estimate of drug-likeness (QED) is 0.0420. The van der Waals surface area contributed by atoms with Crippen LogP contribution in [0.3, 0.4) is 0 Å². The summed E-state index contributed by atoms with van der Waals surface area (Å²) in [6, 6.07) is 32.6. The number of rotatable bonds is 17. The van der Waals surface area contributed by atoms with Crippen molar-refractivity contribution in [2.24, 2.45) is 21.7 Å². The Morgan fingerprint density at radius 1 is 0.415 bits per heavy atom. The molecule has 0 bridgehead atoms. The van der Waals surface area contributed by atoms with Crippen molar-refractivity contribution in [1.82, 2.24) is 50.1 Å². The van der Waals surface area contributed by atoms with E-state index in [0.29, 0.717) is 107 Å². The first-order valence-electron chi connectivity index (χ1n) is 46.6. The van der Waals surface area contributed by atoms with Crippen LogP contribution in [0, 0.1) is 35.5 Å². The summed E-state index contributed by atoms with van der Waals surface area (Å²) in [4.78, 5) is 155. The molecule has 34 nitrogen and oxygen atoms in total. The summed E-state index contributed by atoms with van der Waals surface area (Å²) < 4.78 is 5.47. The highest BCUT2D eigenvalue weighted by Gasteiger charge is 2.46. The van der Waals surface area contributed by atoms with Crippen molar-refractivity contribution in [1.29, 1.82) is 0 Å². The van der Waals surface area contributed by atoms with Crippen molar-refractivity contribution >= 4 is 174 Å². The minimum Gasteiger partial charge on any atom is -0.495 e. The van der Waals surface area contributed by atoms with Crippen molar-refractivity contribution in [2.75, 3.05) is 158 Å². The van der Waals surface area contributed by atoms with E-state index in [2.05, 4.69) is 77.2 Å². The number of aryl methyl sites for hydroxylation is 2. The molecule has 1 saturated heterocycles. The van der Waals surface area contributed by atoms with Crippen molar-refractivity contribution in [2.45, 2.75) is 198 Å². The molecule has 3 saturated carbocycles. The number of amides is 9. The largest absolute Gasteiger partial charge is 0.495 e. The zero-order valence-electron chi connectivity index (χ0n) is 80.9. The molecule has 9 amide bonds. The number of aromatic nitrogens is 8. The average Bonchev–Trinajstić information content (AvgIpc) is 1.65. The van der Waals surface area contributed by atoms with E-state index >= 15 is 0 Å². The van der Waals surface area contributed by atoms with Crippen LogP contribution in [0.15, 0.2) is 128 Å². The normalized spacial score (nSPS) is 17.9. The molecule has 4 fully saturated rings. The summed E-state index contributed by atoms with van der Waals surface area (Å²) in [7, 11) is 10.2. The Labute approximate surface area is 795 Å². The van der Waals surface area contributed by atoms with Gasteiger partial charge in [-0.25, -0.2) is 24.7 Å². The van der Waals surface area contributed by atoms with Gasteiger partial charge in [-0.3, -0.25) is 33.6 Å². The maximum absolute atomic E-state index is 13.2. The van der Waals surface area contributed by atoms with Gasteiger partial charge in [-0.1, -0.05) is 74.4 Å². The summed E-state index contributed by atoms with van der Waals surface area (Å²) >= 11 is 6.29. The number of methoxy groups -OCH3 is 1. The number of nitrogens with one attached hydrogen (secondary N) is 8. The number of anilines is 20. The number of hydrogen-bond acceptors (Lipinski definition) is 25. The van der Waals surface area contributed by atoms with E-state index in [1.54, 1.807) is 96.8 Å². The van der Waals surface area contributed by atoms with Gasteiger partial charge in [0.15, 0.2) is 23.3 Å². The van der Waals surface area contributed by atoms with Crippen molar-refractivity contribution in [3.05, 3.63) is 150 Å². The van der Waals surface area contributed by atoms with Crippen molar-refractivity contribution in [3.63, 3.8) is 0 Å². The highest BCUT2D eigenvalue weighted by atomic mass is 35.5. The third-order valence-electron chi connectivity index (χ3n) is 26.3. The lowest BCUT2D eigenvalue weighted by molar-refractivity contribution is -0.126. The van der Waals surface area contributed by atoms with Gasteiger partial charge < -0.3 is 91.4 Å². The first-order chi connectivity index (χ1) is 64.3. The number of fused-ring (bicyclic) bond motifs is 4. The maximum Gasteiger partial charge on any atom is 0.321 e. The predicted molar refractivity (Wildman–Crippen MR) is 536 cm³/mol. The molecule has 0 atom stereocenters. The van der Waals surface area contributed by atoms with Gasteiger partial charge in [-0.15, -0.1) is 0 Å². The predicted octanol–water partition coefficient (Wildman–Crippen LogP) is 17.8. The fourth-order valence-corrected chi connectivity index (χ4v) is 19.2. The number of hydrogen-bond donors (Lipinski definition) is 8. The molecule has 5 aliphatic heterocycles. The van der Waals surface area contributed by atoms with Crippen molar-refractivity contribution < 1.29 is 43.1 Å². The van der Waals surface area contributed by atoms with E-state index < -0.39 is 21.7 Å². The Hall–Kier alpha value is -13.5. The first-order valence-corrected chi connectivity index (χ1v) is 47.0. The van der Waals surface area contributed by atoms with E-state index in [-0.39, 0.29) is 47.4 Å². The Morgan fingerprint density at radius 3 is 1.26 bits per heavy atom. The number of likely N-dealkylation sites (tertiary alicyclic amines) is 1. The van der Waals surface area contributed by atoms with Gasteiger partial charge in [0.1, 0.15) is 28.5 Å². The lowest BCUT2D eigenvalue weighted by atomic mass is 9.91. The molecule has 9 aromatic rings. The van der Waals surface area contributed by atoms with Crippen LogP contribution in [0.5, 0.6) is 5.75 Å². The molecular weight excluding hydrogens is 1730 g/mol. The molecule has 35 heteroatoms. The number of carbonyl (C=O) groups excluding carboxylic acids is 8. The lowest BCUT2D eigenvalue weighted by Gasteiger charge is -2.34. The van der Waals surface area contributed by atoms with Crippen LogP contribution in [0.25, 0.3) is 0 Å². The number of urea groups is 1. The molecule has 0 radical (unpaired) electrons. The SMILES string of the molecule is CC(=O)Nc1cc(Nc2ncc3c(n2)N(C2CCCC2)CC(C)(C)C(=O)N3C)ccc1C.CC(=O)Nc1ccc(C)c(Nc2ncc3c(n2)N(C2CCCC2)CC(C)(C)C(=O)N3C)c1.CN1C(=O)C(C)(C)CN(C2CCCC2)c2nc(Nc3cccc(NC(=O)N4CCCCC4)c3)ncc21.CNC(=O)c1ccc(Nc2ncc3c(n2)N(c2cccc(Cl)c2)CC(C)(C)C(=O)N3C)c(OC)c1. The van der Waals surface area contributed by atoms with Gasteiger partial charge in [0.2, 0.25) is 59.2 Å². The van der Waals surface area contributed by atoms with E-state index in [9.17, 15) is 38.4 Å². The Balaban J connectivity index is 0.000000144. The maximum atomic E-state index is 13.2. The molecule has 5 aromatic carbocycles. The topological polar surface area (TPSA) is 374 Å². The zero-order chi connectivity index (χ0) is 96.7. The second-order valence-corrected chi connectivity index (χ2v) is 39.3. The van der Waals surface area contributed by atoms with Crippen LogP contribution < -0.4 is 86.5 Å². The fourth-order valence-electron chi connectivity index (χ4n) is 19.0. The van der Waals surface area contributed by atoms with Gasteiger partial charge in [0.25, 0.3) is 5.91 Å². The van der Waals surface area contributed by atoms with E-state index in [1.165, 1.54) is 65.9 Å². The van der Waals surface area contributed by atoms with Crippen LogP contribution >= 0.6 is 11.6 Å². The summed E-state index contributed by atoms with van der Waals surface area (Å²) in [5.41, 5.74) is 8.98. The molecule has 0 spiro atoms. The summed E-state index contributed by atoms with van der Waals surface area (Å²) in [5.74, 6) is 4.85. The molecule has 4 aromatic heterocycles. The molecule has 8 aliphatic rings. The summed E-state index contributed by atoms with van der Waals surface area (Å²) in [6.07, 6.45) is 24.0. The second kappa shape index (κ2) is 41.1. The van der Waals surface area contributed by atoms with Crippen molar-refractivity contribution in [3.8, 4) is 5.75 Å². The molecule has 0 unspecified atom stereocenters. The third kappa shape index (κ3) is 22.4. The monoisotopic (exact) mass is 1860 g/mol. The summed E-state index contributed by atoms with van der Waals surface area (Å²) in [6.45, 7) is 26.6. The Morgan fingerprint density at radius 2 is 0.807 bits per heavy atom. The Bertz CT molecular complexity index is 5930. The first kappa shape index (κ1) is 97.5. The highest BCUT2D eigenvalue weighted by molar-refractivity contribution is 6.31. The smallest absolute Gasteiger partial charge is 0.321 e. The van der Waals surface area contributed by atoms with Gasteiger partial charge in [0.05, 0.1) is 59.2 Å². The molecule has 8 N–H and O–H groups in total. The number of ether oxygens (including phenoxy) is 1. The second-order valence-electron chi connectivity index (χ2n) is 38.8. The number of benzene rings is 5. The number of piperidine rings is 1. The third-order valence-corrected chi connectivity index (χ3v) is 26.5. The molecule has 714 valence electrons. The highest BCUT2D eigenvalue weighted by Crippen LogP contribution is 2.47.